The minimum Gasteiger partial charge on any atom is -0.488 e. The van der Waals surface area contributed by atoms with Crippen LogP contribution in [0.25, 0.3) is 5.57 Å². The van der Waals surface area contributed by atoms with Gasteiger partial charge in [-0.05, 0) is 36.2 Å². The second-order valence-corrected chi connectivity index (χ2v) is 5.06. The number of carbonyl (C=O) groups is 1. The lowest BCUT2D eigenvalue weighted by molar-refractivity contribution is 0.0526. The summed E-state index contributed by atoms with van der Waals surface area (Å²) in [5, 5.41) is 9.13. The van der Waals surface area contributed by atoms with Crippen LogP contribution >= 0.6 is 0 Å². The van der Waals surface area contributed by atoms with Gasteiger partial charge in [-0.2, -0.15) is 5.26 Å². The molecule has 0 aromatic heterocycles. The van der Waals surface area contributed by atoms with Crippen LogP contribution in [-0.2, 0) is 11.3 Å². The first-order valence-electron chi connectivity index (χ1n) is 7.37. The summed E-state index contributed by atoms with van der Waals surface area (Å²) < 4.78 is 10.9. The van der Waals surface area contributed by atoms with Crippen molar-refractivity contribution in [2.75, 3.05) is 6.61 Å². The predicted molar refractivity (Wildman–Crippen MR) is 85.9 cm³/mol. The molecule has 1 aliphatic heterocycles. The summed E-state index contributed by atoms with van der Waals surface area (Å²) >= 11 is 0. The number of esters is 1. The Labute approximate surface area is 134 Å². The highest BCUT2D eigenvalue weighted by atomic mass is 16.5. The fourth-order valence-electron chi connectivity index (χ4n) is 2.64. The molecular formula is C19H15NO3. The highest BCUT2D eigenvalue weighted by Gasteiger charge is 2.20. The van der Waals surface area contributed by atoms with E-state index in [4.69, 9.17) is 14.7 Å². The van der Waals surface area contributed by atoms with E-state index in [0.717, 1.165) is 22.3 Å². The average molecular weight is 305 g/mol. The molecule has 0 aliphatic carbocycles. The zero-order chi connectivity index (χ0) is 16.2. The summed E-state index contributed by atoms with van der Waals surface area (Å²) in [6.07, 6.45) is 1.51. The first kappa shape index (κ1) is 14.9. The largest absolute Gasteiger partial charge is 0.488 e. The Balaban J connectivity index is 2.12. The lowest BCUT2D eigenvalue weighted by Gasteiger charge is -2.10. The lowest BCUT2D eigenvalue weighted by Crippen LogP contribution is -2.05. The summed E-state index contributed by atoms with van der Waals surface area (Å²) in [6, 6.07) is 15.1. The first-order valence-corrected chi connectivity index (χ1v) is 7.37. The van der Waals surface area contributed by atoms with Crippen molar-refractivity contribution in [3.8, 4) is 11.8 Å². The molecule has 2 aromatic carbocycles. The van der Waals surface area contributed by atoms with Crippen LogP contribution in [0.3, 0.4) is 0 Å². The van der Waals surface area contributed by atoms with Crippen molar-refractivity contribution in [1.82, 2.24) is 0 Å². The van der Waals surface area contributed by atoms with Crippen LogP contribution in [0.2, 0.25) is 0 Å². The SMILES string of the molecule is CCOC(=O)c1ccc2c(c1)OCc1ccccc1C2=CC#N. The third-order valence-corrected chi connectivity index (χ3v) is 3.68. The monoisotopic (exact) mass is 305 g/mol. The maximum Gasteiger partial charge on any atom is 0.338 e. The molecule has 1 aliphatic rings. The molecule has 3 rings (SSSR count). The van der Waals surface area contributed by atoms with E-state index in [-0.39, 0.29) is 5.97 Å². The molecular weight excluding hydrogens is 290 g/mol. The molecule has 0 saturated carbocycles. The van der Waals surface area contributed by atoms with E-state index >= 15 is 0 Å². The highest BCUT2D eigenvalue weighted by molar-refractivity contribution is 5.92. The van der Waals surface area contributed by atoms with Gasteiger partial charge in [0.25, 0.3) is 0 Å². The number of allylic oxidation sites excluding steroid dienone is 1. The van der Waals surface area contributed by atoms with Crippen LogP contribution in [0.4, 0.5) is 0 Å². The van der Waals surface area contributed by atoms with Crippen LogP contribution in [0.1, 0.15) is 34.0 Å². The van der Waals surface area contributed by atoms with Crippen molar-refractivity contribution in [2.24, 2.45) is 0 Å². The van der Waals surface area contributed by atoms with Gasteiger partial charge in [0.15, 0.2) is 0 Å². The van der Waals surface area contributed by atoms with Gasteiger partial charge in [0.05, 0.1) is 18.2 Å². The standard InChI is InChI=1S/C19H15NO3/c1-2-22-19(21)13-7-8-17-16(9-10-20)15-6-4-3-5-14(15)12-23-18(17)11-13/h3-9,11H,2,12H2,1H3. The summed E-state index contributed by atoms with van der Waals surface area (Å²) in [4.78, 5) is 11.9. The number of hydrogen-bond acceptors (Lipinski definition) is 4. The molecule has 0 saturated heterocycles. The summed E-state index contributed by atoms with van der Waals surface area (Å²) in [5.74, 6) is 0.194. The van der Waals surface area contributed by atoms with Gasteiger partial charge in [-0.15, -0.1) is 0 Å². The topological polar surface area (TPSA) is 59.3 Å². The number of benzene rings is 2. The number of carbonyl (C=O) groups excluding carboxylic acids is 1. The molecule has 2 aromatic rings. The van der Waals surface area contributed by atoms with Crippen molar-refractivity contribution in [2.45, 2.75) is 13.5 Å². The number of fused-ring (bicyclic) bond motifs is 2. The Morgan fingerprint density at radius 3 is 2.91 bits per heavy atom. The van der Waals surface area contributed by atoms with E-state index in [1.54, 1.807) is 25.1 Å². The Bertz CT molecular complexity index is 831. The molecule has 4 heteroatoms. The summed E-state index contributed by atoms with van der Waals surface area (Å²) in [7, 11) is 0. The van der Waals surface area contributed by atoms with Crippen molar-refractivity contribution >= 4 is 11.5 Å². The number of nitriles is 1. The Morgan fingerprint density at radius 1 is 1.30 bits per heavy atom. The Kier molecular flexibility index (Phi) is 4.11. The van der Waals surface area contributed by atoms with Crippen LogP contribution in [0.5, 0.6) is 5.75 Å². The smallest absolute Gasteiger partial charge is 0.338 e. The molecule has 23 heavy (non-hydrogen) atoms. The second-order valence-electron chi connectivity index (χ2n) is 5.06. The molecule has 0 spiro atoms. The van der Waals surface area contributed by atoms with E-state index < -0.39 is 0 Å². The number of ether oxygens (including phenoxy) is 2. The zero-order valence-corrected chi connectivity index (χ0v) is 12.7. The first-order chi connectivity index (χ1) is 11.2. The quantitative estimate of drug-likeness (QED) is 0.627. The van der Waals surface area contributed by atoms with Crippen molar-refractivity contribution in [1.29, 1.82) is 5.26 Å². The van der Waals surface area contributed by atoms with Gasteiger partial charge in [-0.1, -0.05) is 24.3 Å². The third-order valence-electron chi connectivity index (χ3n) is 3.68. The van der Waals surface area contributed by atoms with E-state index in [9.17, 15) is 4.79 Å². The molecule has 0 bridgehead atoms. The maximum atomic E-state index is 11.9. The minimum atomic E-state index is -0.383. The molecule has 1 heterocycles. The van der Waals surface area contributed by atoms with E-state index in [2.05, 4.69) is 6.07 Å². The van der Waals surface area contributed by atoms with Gasteiger partial charge in [0.2, 0.25) is 0 Å². The molecule has 114 valence electrons. The van der Waals surface area contributed by atoms with Gasteiger partial charge in [-0.3, -0.25) is 0 Å². The van der Waals surface area contributed by atoms with Crippen LogP contribution in [0, 0.1) is 11.3 Å². The zero-order valence-electron chi connectivity index (χ0n) is 12.7. The van der Waals surface area contributed by atoms with Crippen molar-refractivity contribution < 1.29 is 14.3 Å². The molecule has 0 fully saturated rings. The van der Waals surface area contributed by atoms with Gasteiger partial charge in [-0.25, -0.2) is 4.79 Å². The number of nitrogens with zero attached hydrogens (tertiary/aromatic N) is 1. The molecule has 0 amide bonds. The molecule has 0 unspecified atom stereocenters. The normalized spacial score (nSPS) is 14.0. The number of hydrogen-bond donors (Lipinski definition) is 0. The molecule has 0 N–H and O–H groups in total. The third kappa shape index (κ3) is 2.82. The fraction of sp³-hybridized carbons (Fsp3) is 0.158. The maximum absolute atomic E-state index is 11.9. The van der Waals surface area contributed by atoms with Crippen LogP contribution < -0.4 is 4.74 Å². The van der Waals surface area contributed by atoms with Gasteiger partial charge >= 0.3 is 5.97 Å². The average Bonchev–Trinajstić information content (AvgIpc) is 2.73. The molecule has 4 nitrogen and oxygen atoms in total. The Morgan fingerprint density at radius 2 is 2.13 bits per heavy atom. The highest BCUT2D eigenvalue weighted by Crippen LogP contribution is 2.37. The summed E-state index contributed by atoms with van der Waals surface area (Å²) in [6.45, 7) is 2.47. The minimum absolute atomic E-state index is 0.321. The van der Waals surface area contributed by atoms with Crippen LogP contribution in [0.15, 0.2) is 48.5 Å². The van der Waals surface area contributed by atoms with E-state index in [1.807, 2.05) is 24.3 Å². The van der Waals surface area contributed by atoms with E-state index in [0.29, 0.717) is 24.5 Å². The van der Waals surface area contributed by atoms with Gasteiger partial charge in [0, 0.05) is 17.2 Å². The molecule has 0 radical (unpaired) electrons. The Hall–Kier alpha value is -3.06. The van der Waals surface area contributed by atoms with Gasteiger partial charge < -0.3 is 9.47 Å². The predicted octanol–water partition coefficient (Wildman–Crippen LogP) is 3.71. The van der Waals surface area contributed by atoms with Crippen LogP contribution in [-0.4, -0.2) is 12.6 Å². The summed E-state index contributed by atoms with van der Waals surface area (Å²) in [5.41, 5.74) is 4.00. The lowest BCUT2D eigenvalue weighted by atomic mass is 9.93. The van der Waals surface area contributed by atoms with Crippen molar-refractivity contribution in [3.05, 3.63) is 70.8 Å². The van der Waals surface area contributed by atoms with Crippen molar-refractivity contribution in [3.63, 3.8) is 0 Å². The van der Waals surface area contributed by atoms with Gasteiger partial charge in [0.1, 0.15) is 12.4 Å². The number of rotatable bonds is 2. The molecule has 0 atom stereocenters. The second kappa shape index (κ2) is 6.37. The van der Waals surface area contributed by atoms with E-state index in [1.165, 1.54) is 6.08 Å². The fourth-order valence-corrected chi connectivity index (χ4v) is 2.64.